The summed E-state index contributed by atoms with van der Waals surface area (Å²) < 4.78 is 0. The molecule has 4 N–H and O–H groups in total. The minimum Gasteiger partial charge on any atom is -0.382 e. The first-order valence-electron chi connectivity index (χ1n) is 12.7. The lowest BCUT2D eigenvalue weighted by Crippen LogP contribution is -2.21. The number of carbonyl (C=O) groups excluding carboxylic acids is 1. The van der Waals surface area contributed by atoms with Gasteiger partial charge >= 0.3 is 0 Å². The van der Waals surface area contributed by atoms with Gasteiger partial charge in [-0.05, 0) is 68.6 Å². The molecule has 0 radical (unpaired) electrons. The minimum absolute atomic E-state index is 0.0443. The largest absolute Gasteiger partial charge is 0.382 e. The van der Waals surface area contributed by atoms with Crippen LogP contribution >= 0.6 is 0 Å². The predicted molar refractivity (Wildman–Crippen MR) is 147 cm³/mol. The maximum Gasteiger partial charge on any atom is 0.252 e. The van der Waals surface area contributed by atoms with Gasteiger partial charge < -0.3 is 21.0 Å². The predicted octanol–water partition coefficient (Wildman–Crippen LogP) is 5.27. The van der Waals surface area contributed by atoms with Crippen molar-refractivity contribution in [1.29, 1.82) is 5.41 Å². The molecule has 1 aliphatic rings. The number of aldehydes is 1. The number of pyridine rings is 2. The van der Waals surface area contributed by atoms with Gasteiger partial charge in [0.05, 0.1) is 0 Å². The molecule has 2 heterocycles. The van der Waals surface area contributed by atoms with E-state index in [1.807, 2.05) is 38.2 Å². The molecular formula is C29H37N5O2. The van der Waals surface area contributed by atoms with Gasteiger partial charge in [-0.2, -0.15) is 0 Å². The van der Waals surface area contributed by atoms with Crippen molar-refractivity contribution in [2.75, 3.05) is 12.4 Å². The van der Waals surface area contributed by atoms with Crippen molar-refractivity contribution in [3.05, 3.63) is 81.0 Å². The molecule has 4 rings (SSSR count). The Balaban J connectivity index is 0.000000223. The Labute approximate surface area is 213 Å². The number of anilines is 1. The average Bonchev–Trinajstić information content (AvgIpc) is 3.40. The number of hydrogen-bond acceptors (Lipinski definition) is 6. The number of nitrogens with zero attached hydrogens (tertiary/aromatic N) is 1. The molecule has 0 bridgehead atoms. The monoisotopic (exact) mass is 487 g/mol. The second-order valence-corrected chi connectivity index (χ2v) is 9.22. The van der Waals surface area contributed by atoms with Crippen LogP contribution in [0.25, 0.3) is 11.1 Å². The van der Waals surface area contributed by atoms with Crippen molar-refractivity contribution in [1.82, 2.24) is 15.3 Å². The first kappa shape index (κ1) is 27.0. The molecule has 0 saturated heterocycles. The smallest absolute Gasteiger partial charge is 0.252 e. The Hall–Kier alpha value is -3.58. The molecular weight excluding hydrogens is 450 g/mol. The molecule has 3 aromatic rings. The fourth-order valence-corrected chi connectivity index (χ4v) is 4.69. The lowest BCUT2D eigenvalue weighted by Gasteiger charge is -2.18. The van der Waals surface area contributed by atoms with E-state index >= 15 is 0 Å². The third-order valence-electron chi connectivity index (χ3n) is 6.43. The minimum atomic E-state index is 0.0443. The summed E-state index contributed by atoms with van der Waals surface area (Å²) in [5, 5.41) is 14.2. The molecule has 190 valence electrons. The van der Waals surface area contributed by atoms with E-state index in [0.29, 0.717) is 23.7 Å². The van der Waals surface area contributed by atoms with Crippen molar-refractivity contribution < 1.29 is 4.79 Å². The first-order chi connectivity index (χ1) is 17.5. The van der Waals surface area contributed by atoms with Crippen LogP contribution < -0.4 is 16.2 Å². The Morgan fingerprint density at radius 2 is 1.97 bits per heavy atom. The van der Waals surface area contributed by atoms with Crippen LogP contribution in [-0.4, -0.2) is 35.6 Å². The summed E-state index contributed by atoms with van der Waals surface area (Å²) in [6.45, 7) is 4.69. The maximum absolute atomic E-state index is 11.6. The summed E-state index contributed by atoms with van der Waals surface area (Å²) in [7, 11) is 1.86. The van der Waals surface area contributed by atoms with Crippen molar-refractivity contribution in [3.8, 4) is 11.1 Å². The summed E-state index contributed by atoms with van der Waals surface area (Å²) >= 11 is 0. The van der Waals surface area contributed by atoms with Gasteiger partial charge in [0.1, 0.15) is 0 Å². The summed E-state index contributed by atoms with van der Waals surface area (Å²) in [5.41, 5.74) is 7.01. The summed E-state index contributed by atoms with van der Waals surface area (Å²) in [5.74, 6) is 0. The third-order valence-corrected chi connectivity index (χ3v) is 6.43. The summed E-state index contributed by atoms with van der Waals surface area (Å²) in [6.07, 6.45) is 12.4. The SMILES string of the molecule is CCCc1cc(C)[nH]c(=O)c1CNC.N=Cc1c(C=O)cc(-c2cccnc2)cc1NC1CCCC1. The number of carbonyl (C=O) groups is 1. The molecule has 0 aliphatic heterocycles. The molecule has 0 unspecified atom stereocenters. The second kappa shape index (κ2) is 13.5. The van der Waals surface area contributed by atoms with Crippen molar-refractivity contribution >= 4 is 18.2 Å². The molecule has 7 nitrogen and oxygen atoms in total. The van der Waals surface area contributed by atoms with E-state index in [1.165, 1.54) is 24.6 Å². The summed E-state index contributed by atoms with van der Waals surface area (Å²) in [6, 6.07) is 10.2. The Kier molecular flexibility index (Phi) is 10.1. The van der Waals surface area contributed by atoms with Crippen LogP contribution in [0.1, 0.15) is 71.8 Å². The fourth-order valence-electron chi connectivity index (χ4n) is 4.69. The number of aromatic amines is 1. The fraction of sp³-hybridized carbons (Fsp3) is 0.379. The van der Waals surface area contributed by atoms with E-state index in [2.05, 4.69) is 33.6 Å². The number of aromatic nitrogens is 2. The second-order valence-electron chi connectivity index (χ2n) is 9.22. The normalized spacial score (nSPS) is 13.1. The number of aryl methyl sites for hydroxylation is 2. The highest BCUT2D eigenvalue weighted by molar-refractivity contribution is 5.99. The van der Waals surface area contributed by atoms with E-state index < -0.39 is 0 Å². The van der Waals surface area contributed by atoms with E-state index in [0.717, 1.165) is 60.0 Å². The van der Waals surface area contributed by atoms with Crippen LogP contribution in [0.2, 0.25) is 0 Å². The van der Waals surface area contributed by atoms with Gasteiger partial charge in [-0.1, -0.05) is 32.3 Å². The van der Waals surface area contributed by atoms with Crippen LogP contribution in [0.5, 0.6) is 0 Å². The van der Waals surface area contributed by atoms with E-state index in [4.69, 9.17) is 5.41 Å². The molecule has 0 spiro atoms. The lowest BCUT2D eigenvalue weighted by atomic mass is 9.98. The highest BCUT2D eigenvalue weighted by atomic mass is 16.1. The Morgan fingerprint density at radius 3 is 2.58 bits per heavy atom. The third kappa shape index (κ3) is 6.98. The molecule has 0 amide bonds. The maximum atomic E-state index is 11.6. The van der Waals surface area contributed by atoms with Crippen LogP contribution in [0.4, 0.5) is 5.69 Å². The van der Waals surface area contributed by atoms with Crippen molar-refractivity contribution in [2.24, 2.45) is 0 Å². The highest BCUT2D eigenvalue weighted by Gasteiger charge is 2.18. The Morgan fingerprint density at radius 1 is 1.19 bits per heavy atom. The molecule has 0 atom stereocenters. The average molecular weight is 488 g/mol. The van der Waals surface area contributed by atoms with Crippen LogP contribution in [0.15, 0.2) is 47.5 Å². The summed E-state index contributed by atoms with van der Waals surface area (Å²) in [4.78, 5) is 30.0. The molecule has 7 heteroatoms. The van der Waals surface area contributed by atoms with Gasteiger partial charge in [-0.15, -0.1) is 0 Å². The molecule has 1 fully saturated rings. The van der Waals surface area contributed by atoms with Gasteiger partial charge in [0.25, 0.3) is 5.56 Å². The zero-order valence-electron chi connectivity index (χ0n) is 21.5. The number of nitrogens with one attached hydrogen (secondary N) is 4. The molecule has 36 heavy (non-hydrogen) atoms. The Bertz CT molecular complexity index is 1210. The van der Waals surface area contributed by atoms with E-state index in [-0.39, 0.29) is 5.56 Å². The van der Waals surface area contributed by atoms with E-state index in [9.17, 15) is 9.59 Å². The van der Waals surface area contributed by atoms with Crippen LogP contribution in [0.3, 0.4) is 0 Å². The van der Waals surface area contributed by atoms with Crippen molar-refractivity contribution in [3.63, 3.8) is 0 Å². The molecule has 1 saturated carbocycles. The standard InChI is InChI=1S/C18H19N3O.C11H18N2O/c19-10-17-15(12-22)8-14(13-4-3-7-20-11-13)9-18(17)21-16-5-1-2-6-16;1-4-5-9-6-8(2)13-11(14)10(9)7-12-3/h3-4,7-12,16,19,21H,1-2,5-6H2;6,12H,4-5,7H2,1-3H3,(H,13,14). The lowest BCUT2D eigenvalue weighted by molar-refractivity contribution is 0.112. The van der Waals surface area contributed by atoms with Crippen LogP contribution in [0, 0.1) is 12.3 Å². The highest BCUT2D eigenvalue weighted by Crippen LogP contribution is 2.30. The topological polar surface area (TPSA) is 111 Å². The number of H-pyrrole nitrogens is 1. The first-order valence-corrected chi connectivity index (χ1v) is 12.7. The number of hydrogen-bond donors (Lipinski definition) is 4. The van der Waals surface area contributed by atoms with Crippen molar-refractivity contribution in [2.45, 2.75) is 65.0 Å². The molecule has 1 aliphatic carbocycles. The van der Waals surface area contributed by atoms with Gasteiger partial charge in [0.2, 0.25) is 0 Å². The van der Waals surface area contributed by atoms with Gasteiger partial charge in [-0.3, -0.25) is 14.6 Å². The quantitative estimate of drug-likeness (QED) is 0.243. The van der Waals surface area contributed by atoms with Crippen LogP contribution in [-0.2, 0) is 13.0 Å². The zero-order chi connectivity index (χ0) is 25.9. The number of rotatable bonds is 9. The van der Waals surface area contributed by atoms with E-state index in [1.54, 1.807) is 12.4 Å². The van der Waals surface area contributed by atoms with Gasteiger partial charge in [0.15, 0.2) is 6.29 Å². The molecule has 1 aromatic carbocycles. The number of benzene rings is 1. The van der Waals surface area contributed by atoms with Gasteiger partial charge in [-0.25, -0.2) is 0 Å². The zero-order valence-corrected chi connectivity index (χ0v) is 21.5. The van der Waals surface area contributed by atoms with Gasteiger partial charge in [0, 0.05) is 64.8 Å². The molecule has 2 aromatic heterocycles.